The number of hydrogen-bond donors (Lipinski definition) is 2. The molecule has 1 atom stereocenters. The number of nitrogens with one attached hydrogen (secondary N) is 1. The second-order valence-electron chi connectivity index (χ2n) is 3.78. The Bertz CT molecular complexity index is 240. The van der Waals surface area contributed by atoms with Crippen LogP contribution in [0.5, 0.6) is 0 Å². The van der Waals surface area contributed by atoms with E-state index in [-0.39, 0.29) is 18.4 Å². The molecule has 14 heavy (non-hydrogen) atoms. The van der Waals surface area contributed by atoms with Gasteiger partial charge in [0.1, 0.15) is 6.04 Å². The average molecular weight is 200 g/mol. The zero-order valence-electron chi connectivity index (χ0n) is 8.49. The van der Waals surface area contributed by atoms with E-state index in [1.54, 1.807) is 4.90 Å². The smallest absolute Gasteiger partial charge is 0.322 e. The van der Waals surface area contributed by atoms with Gasteiger partial charge < -0.3 is 15.3 Å². The fourth-order valence-electron chi connectivity index (χ4n) is 1.48. The third kappa shape index (κ3) is 2.45. The molecule has 1 saturated heterocycles. The topological polar surface area (TPSA) is 69.6 Å². The molecular formula is C9H16N2O3. The zero-order valence-corrected chi connectivity index (χ0v) is 8.49. The molecule has 5 nitrogen and oxygen atoms in total. The van der Waals surface area contributed by atoms with Gasteiger partial charge >= 0.3 is 5.97 Å². The molecule has 0 spiro atoms. The second-order valence-corrected chi connectivity index (χ2v) is 3.78. The summed E-state index contributed by atoms with van der Waals surface area (Å²) in [5.41, 5.74) is 0. The Morgan fingerprint density at radius 1 is 1.50 bits per heavy atom. The van der Waals surface area contributed by atoms with Crippen molar-refractivity contribution in [2.45, 2.75) is 19.9 Å². The normalized spacial score (nSPS) is 22.5. The lowest BCUT2D eigenvalue weighted by molar-refractivity contribution is -0.143. The number of carbonyl (C=O) groups excluding carboxylic acids is 1. The lowest BCUT2D eigenvalue weighted by atomic mass is 10.1. The van der Waals surface area contributed by atoms with E-state index < -0.39 is 12.0 Å². The Morgan fingerprint density at radius 3 is 2.64 bits per heavy atom. The van der Waals surface area contributed by atoms with Gasteiger partial charge in [0.2, 0.25) is 5.91 Å². The molecule has 1 fully saturated rings. The van der Waals surface area contributed by atoms with E-state index in [1.165, 1.54) is 0 Å². The van der Waals surface area contributed by atoms with E-state index in [9.17, 15) is 9.59 Å². The summed E-state index contributed by atoms with van der Waals surface area (Å²) in [6, 6.07) is -0.619. The molecule has 2 N–H and O–H groups in total. The van der Waals surface area contributed by atoms with Crippen LogP contribution in [0.2, 0.25) is 0 Å². The van der Waals surface area contributed by atoms with Crippen molar-refractivity contribution in [1.82, 2.24) is 10.2 Å². The summed E-state index contributed by atoms with van der Waals surface area (Å²) >= 11 is 0. The Hall–Kier alpha value is -1.10. The lowest BCUT2D eigenvalue weighted by Gasteiger charge is -2.32. The minimum absolute atomic E-state index is 0.0257. The van der Waals surface area contributed by atoms with Crippen LogP contribution in [0.3, 0.4) is 0 Å². The van der Waals surface area contributed by atoms with Gasteiger partial charge in [0.25, 0.3) is 0 Å². The van der Waals surface area contributed by atoms with Gasteiger partial charge in [-0.1, -0.05) is 13.8 Å². The summed E-state index contributed by atoms with van der Waals surface area (Å²) < 4.78 is 0. The molecule has 0 unspecified atom stereocenters. The van der Waals surface area contributed by atoms with Crippen molar-refractivity contribution in [2.24, 2.45) is 5.92 Å². The predicted molar refractivity (Wildman–Crippen MR) is 50.8 cm³/mol. The maximum absolute atomic E-state index is 11.6. The number of nitrogens with zero attached hydrogens (tertiary/aromatic N) is 1. The first kappa shape index (κ1) is 11.0. The van der Waals surface area contributed by atoms with Gasteiger partial charge in [0, 0.05) is 25.6 Å². The molecule has 0 aromatic carbocycles. The molecule has 0 radical (unpaired) electrons. The lowest BCUT2D eigenvalue weighted by Crippen LogP contribution is -2.56. The molecule has 5 heteroatoms. The number of amides is 1. The molecule has 1 amide bonds. The minimum Gasteiger partial charge on any atom is -0.480 e. The number of carbonyl (C=O) groups is 2. The fraction of sp³-hybridized carbons (Fsp3) is 0.778. The van der Waals surface area contributed by atoms with Crippen LogP contribution >= 0.6 is 0 Å². The highest BCUT2D eigenvalue weighted by Gasteiger charge is 2.28. The third-order valence-electron chi connectivity index (χ3n) is 2.28. The maximum atomic E-state index is 11.6. The predicted octanol–water partition coefficient (Wildman–Crippen LogP) is -0.473. The van der Waals surface area contributed by atoms with E-state index in [0.29, 0.717) is 13.1 Å². The standard InChI is InChI=1S/C9H16N2O3/c1-6(2)8(12)11-4-3-10-7(5-11)9(13)14/h6-7,10H,3-5H2,1-2H3,(H,13,14)/t7-/m1/s1. The number of carboxylic acids is 1. The number of aliphatic carboxylic acids is 1. The highest BCUT2D eigenvalue weighted by Crippen LogP contribution is 2.05. The SMILES string of the molecule is CC(C)C(=O)N1CCN[C@@H](C(=O)O)C1. The van der Waals surface area contributed by atoms with E-state index in [2.05, 4.69) is 5.32 Å². The minimum atomic E-state index is -0.897. The Kier molecular flexibility index (Phi) is 3.46. The van der Waals surface area contributed by atoms with Gasteiger partial charge in [-0.15, -0.1) is 0 Å². The maximum Gasteiger partial charge on any atom is 0.322 e. The Labute approximate surface area is 83.1 Å². The van der Waals surface area contributed by atoms with Gasteiger partial charge in [0.15, 0.2) is 0 Å². The molecule has 0 aliphatic carbocycles. The summed E-state index contributed by atoms with van der Waals surface area (Å²) in [5.74, 6) is -0.938. The summed E-state index contributed by atoms with van der Waals surface area (Å²) in [7, 11) is 0. The monoisotopic (exact) mass is 200 g/mol. The van der Waals surface area contributed by atoms with Crippen LogP contribution in [0.15, 0.2) is 0 Å². The number of carboxylic acid groups (broad SMARTS) is 1. The molecule has 0 aromatic heterocycles. The largest absolute Gasteiger partial charge is 0.480 e. The highest BCUT2D eigenvalue weighted by atomic mass is 16.4. The first-order chi connectivity index (χ1) is 6.52. The summed E-state index contributed by atoms with van der Waals surface area (Å²) in [4.78, 5) is 23.9. The summed E-state index contributed by atoms with van der Waals surface area (Å²) in [6.45, 7) is 5.06. The zero-order chi connectivity index (χ0) is 10.7. The van der Waals surface area contributed by atoms with Crippen LogP contribution in [-0.4, -0.2) is 47.6 Å². The summed E-state index contributed by atoms with van der Waals surface area (Å²) in [5, 5.41) is 11.6. The van der Waals surface area contributed by atoms with Gasteiger partial charge in [0.05, 0.1) is 0 Å². The first-order valence-electron chi connectivity index (χ1n) is 4.77. The van der Waals surface area contributed by atoms with Gasteiger partial charge in [-0.05, 0) is 0 Å². The third-order valence-corrected chi connectivity index (χ3v) is 2.28. The number of piperazine rings is 1. The van der Waals surface area contributed by atoms with Crippen molar-refractivity contribution in [3.8, 4) is 0 Å². The van der Waals surface area contributed by atoms with Gasteiger partial charge in [-0.2, -0.15) is 0 Å². The van der Waals surface area contributed by atoms with Crippen molar-refractivity contribution in [3.05, 3.63) is 0 Å². The van der Waals surface area contributed by atoms with Crippen molar-refractivity contribution in [1.29, 1.82) is 0 Å². The Morgan fingerprint density at radius 2 is 2.14 bits per heavy atom. The number of hydrogen-bond acceptors (Lipinski definition) is 3. The molecule has 80 valence electrons. The quantitative estimate of drug-likeness (QED) is 0.632. The molecule has 0 bridgehead atoms. The van der Waals surface area contributed by atoms with E-state index >= 15 is 0 Å². The molecule has 1 aliphatic rings. The van der Waals surface area contributed by atoms with Crippen LogP contribution in [0, 0.1) is 5.92 Å². The van der Waals surface area contributed by atoms with E-state index in [4.69, 9.17) is 5.11 Å². The molecule has 0 aromatic rings. The van der Waals surface area contributed by atoms with Crippen LogP contribution in [0.4, 0.5) is 0 Å². The number of rotatable bonds is 2. The van der Waals surface area contributed by atoms with E-state index in [1.807, 2.05) is 13.8 Å². The average Bonchev–Trinajstić information content (AvgIpc) is 2.16. The van der Waals surface area contributed by atoms with Crippen molar-refractivity contribution >= 4 is 11.9 Å². The van der Waals surface area contributed by atoms with Crippen LogP contribution < -0.4 is 5.32 Å². The molecule has 0 saturated carbocycles. The van der Waals surface area contributed by atoms with Crippen LogP contribution in [0.25, 0.3) is 0 Å². The van der Waals surface area contributed by atoms with Crippen LogP contribution in [0.1, 0.15) is 13.8 Å². The van der Waals surface area contributed by atoms with Crippen LogP contribution in [-0.2, 0) is 9.59 Å². The molecule has 1 heterocycles. The van der Waals surface area contributed by atoms with Crippen molar-refractivity contribution < 1.29 is 14.7 Å². The van der Waals surface area contributed by atoms with Crippen molar-refractivity contribution in [3.63, 3.8) is 0 Å². The molecule has 1 rings (SSSR count). The fourth-order valence-corrected chi connectivity index (χ4v) is 1.48. The first-order valence-corrected chi connectivity index (χ1v) is 4.77. The molecule has 1 aliphatic heterocycles. The second kappa shape index (κ2) is 4.41. The van der Waals surface area contributed by atoms with Crippen molar-refractivity contribution in [2.75, 3.05) is 19.6 Å². The van der Waals surface area contributed by atoms with Gasteiger partial charge in [-0.3, -0.25) is 9.59 Å². The van der Waals surface area contributed by atoms with Gasteiger partial charge in [-0.25, -0.2) is 0 Å². The summed E-state index contributed by atoms with van der Waals surface area (Å²) in [6.07, 6.45) is 0. The highest BCUT2D eigenvalue weighted by molar-refractivity contribution is 5.80. The molecular weight excluding hydrogens is 184 g/mol. The van der Waals surface area contributed by atoms with E-state index in [0.717, 1.165) is 0 Å². The Balaban J connectivity index is 2.56.